The lowest BCUT2D eigenvalue weighted by Crippen LogP contribution is -2.37. The maximum atomic E-state index is 12.7. The van der Waals surface area contributed by atoms with Crippen molar-refractivity contribution in [2.75, 3.05) is 47.5 Å². The molecule has 0 saturated heterocycles. The molecule has 0 aliphatic heterocycles. The molecule has 1 N–H and O–H groups in total. The third-order valence-corrected chi connectivity index (χ3v) is 11.9. The Morgan fingerprint density at radius 2 is 0.789 bits per heavy atom. The lowest BCUT2D eigenvalue weighted by molar-refractivity contribution is -0.870. The Labute approximate surface area is 353 Å². The van der Waals surface area contributed by atoms with Gasteiger partial charge in [0.2, 0.25) is 0 Å². The van der Waals surface area contributed by atoms with Gasteiger partial charge in [-0.1, -0.05) is 213 Å². The van der Waals surface area contributed by atoms with Crippen molar-refractivity contribution in [3.63, 3.8) is 0 Å². The molecule has 0 rings (SSSR count). The van der Waals surface area contributed by atoms with Crippen LogP contribution in [-0.2, 0) is 32.7 Å². The van der Waals surface area contributed by atoms with Gasteiger partial charge in [-0.15, -0.1) is 0 Å². The van der Waals surface area contributed by atoms with Gasteiger partial charge in [0.1, 0.15) is 19.8 Å². The molecule has 0 fully saturated rings. The molecule has 0 spiro atoms. The van der Waals surface area contributed by atoms with Crippen LogP contribution in [0.2, 0.25) is 0 Å². The summed E-state index contributed by atoms with van der Waals surface area (Å²) >= 11 is 0. The molecule has 0 aliphatic carbocycles. The summed E-state index contributed by atoms with van der Waals surface area (Å²) in [6, 6.07) is 0. The van der Waals surface area contributed by atoms with Gasteiger partial charge in [0.05, 0.1) is 27.7 Å². The average molecular weight is 833 g/mol. The first-order chi connectivity index (χ1) is 27.5. The number of quaternary nitrogens is 1. The van der Waals surface area contributed by atoms with Crippen LogP contribution in [0.3, 0.4) is 0 Å². The third kappa shape index (κ3) is 44.4. The van der Waals surface area contributed by atoms with Gasteiger partial charge >= 0.3 is 19.8 Å². The number of phosphoric ester groups is 1. The summed E-state index contributed by atoms with van der Waals surface area (Å²) in [6.07, 6.45) is 41.6. The normalized spacial score (nSPS) is 13.4. The van der Waals surface area contributed by atoms with E-state index in [-0.39, 0.29) is 25.6 Å². The summed E-state index contributed by atoms with van der Waals surface area (Å²) in [6.45, 7) is 4.46. The van der Waals surface area contributed by atoms with E-state index < -0.39 is 26.5 Å². The van der Waals surface area contributed by atoms with Gasteiger partial charge in [-0.05, 0) is 12.8 Å². The van der Waals surface area contributed by atoms with Crippen molar-refractivity contribution < 1.29 is 42.1 Å². The fourth-order valence-electron chi connectivity index (χ4n) is 7.08. The molecule has 0 aromatic heterocycles. The van der Waals surface area contributed by atoms with Crippen molar-refractivity contribution in [3.05, 3.63) is 0 Å². The summed E-state index contributed by atoms with van der Waals surface area (Å²) in [7, 11) is 1.49. The molecule has 57 heavy (non-hydrogen) atoms. The highest BCUT2D eigenvalue weighted by molar-refractivity contribution is 7.47. The van der Waals surface area contributed by atoms with E-state index in [4.69, 9.17) is 18.5 Å². The fourth-order valence-corrected chi connectivity index (χ4v) is 7.82. The van der Waals surface area contributed by atoms with Crippen LogP contribution in [0.25, 0.3) is 0 Å². The molecule has 0 heterocycles. The molecule has 0 aromatic carbocycles. The van der Waals surface area contributed by atoms with Gasteiger partial charge in [-0.25, -0.2) is 4.57 Å². The minimum atomic E-state index is -4.37. The van der Waals surface area contributed by atoms with E-state index in [1.54, 1.807) is 0 Å². The topological polar surface area (TPSA) is 108 Å². The number of unbranched alkanes of at least 4 members (excludes halogenated alkanes) is 31. The fraction of sp³-hybridized carbons (Fsp3) is 0.957. The highest BCUT2D eigenvalue weighted by atomic mass is 31.2. The van der Waals surface area contributed by atoms with E-state index in [1.165, 1.54) is 173 Å². The summed E-state index contributed by atoms with van der Waals surface area (Å²) in [5.41, 5.74) is 0. The van der Waals surface area contributed by atoms with Crippen LogP contribution in [0, 0.1) is 0 Å². The summed E-state index contributed by atoms with van der Waals surface area (Å²) in [4.78, 5) is 35.4. The van der Waals surface area contributed by atoms with Crippen molar-refractivity contribution in [1.29, 1.82) is 0 Å². The summed E-state index contributed by atoms with van der Waals surface area (Å²) < 4.78 is 34.4. The smallest absolute Gasteiger partial charge is 0.462 e. The van der Waals surface area contributed by atoms with Gasteiger partial charge in [-0.2, -0.15) is 0 Å². The van der Waals surface area contributed by atoms with Crippen LogP contribution >= 0.6 is 7.82 Å². The average Bonchev–Trinajstić information content (AvgIpc) is 3.16. The molecule has 0 bridgehead atoms. The zero-order valence-electron chi connectivity index (χ0n) is 38.4. The Kier molecular flexibility index (Phi) is 39.7. The van der Waals surface area contributed by atoms with E-state index in [2.05, 4.69) is 13.8 Å². The Balaban J connectivity index is 4.16. The summed E-state index contributed by atoms with van der Waals surface area (Å²) in [5, 5.41) is 0. The first-order valence-electron chi connectivity index (χ1n) is 24.3. The Bertz CT molecular complexity index is 943. The first-order valence-corrected chi connectivity index (χ1v) is 25.8. The maximum Gasteiger partial charge on any atom is 0.472 e. The first kappa shape index (κ1) is 56.0. The molecule has 0 aromatic rings. The number of carbonyl (C=O) groups is 2. The van der Waals surface area contributed by atoms with Crippen LogP contribution in [0.4, 0.5) is 0 Å². The molecule has 340 valence electrons. The van der Waals surface area contributed by atoms with Crippen LogP contribution in [-0.4, -0.2) is 74.9 Å². The number of esters is 2. The Hall–Kier alpha value is -0.990. The van der Waals surface area contributed by atoms with Crippen molar-refractivity contribution >= 4 is 19.8 Å². The van der Waals surface area contributed by atoms with Gasteiger partial charge in [0, 0.05) is 12.8 Å². The molecule has 0 aliphatic rings. The quantitative estimate of drug-likeness (QED) is 0.0280. The minimum absolute atomic E-state index is 0.0369. The second-order valence-corrected chi connectivity index (χ2v) is 19.3. The second-order valence-electron chi connectivity index (χ2n) is 17.9. The maximum absolute atomic E-state index is 12.7. The van der Waals surface area contributed by atoms with Crippen LogP contribution in [0.1, 0.15) is 239 Å². The number of rotatable bonds is 45. The predicted molar refractivity (Wildman–Crippen MR) is 238 cm³/mol. The number of phosphoric acid groups is 1. The second kappa shape index (κ2) is 40.4. The minimum Gasteiger partial charge on any atom is -0.462 e. The lowest BCUT2D eigenvalue weighted by atomic mass is 10.0. The van der Waals surface area contributed by atoms with Gasteiger partial charge < -0.3 is 18.9 Å². The van der Waals surface area contributed by atoms with E-state index >= 15 is 0 Å². The molecule has 2 atom stereocenters. The Morgan fingerprint density at radius 1 is 0.474 bits per heavy atom. The molecule has 0 radical (unpaired) electrons. The van der Waals surface area contributed by atoms with Crippen molar-refractivity contribution in [2.45, 2.75) is 245 Å². The van der Waals surface area contributed by atoms with Crippen molar-refractivity contribution in [3.8, 4) is 0 Å². The summed E-state index contributed by atoms with van der Waals surface area (Å²) in [5.74, 6) is -0.783. The molecular weight excluding hydrogens is 737 g/mol. The molecule has 9 nitrogen and oxygen atoms in total. The van der Waals surface area contributed by atoms with Crippen molar-refractivity contribution in [1.82, 2.24) is 0 Å². The highest BCUT2D eigenvalue weighted by Crippen LogP contribution is 2.43. The number of likely N-dealkylation sites (N-methyl/N-ethyl adjacent to an activating group) is 1. The Morgan fingerprint density at radius 3 is 1.12 bits per heavy atom. The van der Waals surface area contributed by atoms with E-state index in [0.29, 0.717) is 17.4 Å². The van der Waals surface area contributed by atoms with E-state index in [0.717, 1.165) is 38.5 Å². The highest BCUT2D eigenvalue weighted by Gasteiger charge is 2.27. The predicted octanol–water partition coefficient (Wildman–Crippen LogP) is 14.0. The number of carbonyl (C=O) groups excluding carboxylic acids is 2. The van der Waals surface area contributed by atoms with Gasteiger partial charge in [0.15, 0.2) is 6.10 Å². The lowest BCUT2D eigenvalue weighted by Gasteiger charge is -2.24. The largest absolute Gasteiger partial charge is 0.472 e. The van der Waals surface area contributed by atoms with Crippen LogP contribution in [0.15, 0.2) is 0 Å². The van der Waals surface area contributed by atoms with Crippen LogP contribution < -0.4 is 0 Å². The molecule has 0 saturated carbocycles. The standard InChI is InChI=1S/C47H94NO8P/c1-6-8-10-12-14-16-18-19-20-21-22-23-24-25-26-27-28-30-32-34-36-38-40-47(50)56-45(44-55-57(51,52)54-42-41-48(3,4)5)43-53-46(49)39-37-35-33-31-29-17-15-13-11-9-7-2/h45H,6-44H2,1-5H3/p+1. The van der Waals surface area contributed by atoms with E-state index in [1.807, 2.05) is 21.1 Å². The van der Waals surface area contributed by atoms with Crippen molar-refractivity contribution in [2.24, 2.45) is 0 Å². The van der Waals surface area contributed by atoms with E-state index in [9.17, 15) is 19.0 Å². The number of hydrogen-bond acceptors (Lipinski definition) is 7. The van der Waals surface area contributed by atoms with Gasteiger partial charge in [-0.3, -0.25) is 18.6 Å². The number of hydrogen-bond donors (Lipinski definition) is 1. The zero-order chi connectivity index (χ0) is 42.1. The number of nitrogens with zero attached hydrogens (tertiary/aromatic N) is 1. The molecular formula is C47H95NO8P+. The SMILES string of the molecule is CCCCCCCCCCCCCCCCCCCCCCCCC(=O)OC(COC(=O)CCCCCCCCCCCCC)COP(=O)(O)OCC[N+](C)(C)C. The molecule has 2 unspecified atom stereocenters. The monoisotopic (exact) mass is 833 g/mol. The van der Waals surface area contributed by atoms with Crippen LogP contribution in [0.5, 0.6) is 0 Å². The molecule has 10 heteroatoms. The number of ether oxygens (including phenoxy) is 2. The third-order valence-electron chi connectivity index (χ3n) is 10.9. The zero-order valence-corrected chi connectivity index (χ0v) is 39.2. The molecule has 0 amide bonds. The van der Waals surface area contributed by atoms with Gasteiger partial charge in [0.25, 0.3) is 0 Å².